The molecule has 2 aliphatic heterocycles. The topological polar surface area (TPSA) is 49.9 Å². The number of piperazine rings is 1. The highest BCUT2D eigenvalue weighted by Crippen LogP contribution is 2.23. The van der Waals surface area contributed by atoms with Gasteiger partial charge in [0.15, 0.2) is 0 Å². The van der Waals surface area contributed by atoms with E-state index in [-0.39, 0.29) is 0 Å². The molecule has 1 aromatic carbocycles. The smallest absolute Gasteiger partial charge is 0.243 e. The normalized spacial score (nSPS) is 21.5. The molecule has 0 amide bonds. The van der Waals surface area contributed by atoms with Crippen molar-refractivity contribution in [1.29, 1.82) is 0 Å². The first kappa shape index (κ1) is 18.8. The molecule has 25 heavy (non-hydrogen) atoms. The number of aryl methyl sites for hydroxylation is 2. The van der Waals surface area contributed by atoms with Gasteiger partial charge in [0.05, 0.1) is 4.90 Å². The van der Waals surface area contributed by atoms with Crippen LogP contribution < -0.4 is 0 Å². The van der Waals surface area contributed by atoms with Crippen molar-refractivity contribution in [3.63, 3.8) is 0 Å². The van der Waals surface area contributed by atoms with Gasteiger partial charge < -0.3 is 4.74 Å². The summed E-state index contributed by atoms with van der Waals surface area (Å²) in [5, 5.41) is 0. The van der Waals surface area contributed by atoms with Crippen LogP contribution in [0.15, 0.2) is 23.1 Å². The van der Waals surface area contributed by atoms with Gasteiger partial charge in [0.1, 0.15) is 0 Å². The fourth-order valence-corrected chi connectivity index (χ4v) is 5.42. The Morgan fingerprint density at radius 3 is 2.24 bits per heavy atom. The maximum atomic E-state index is 13.0. The van der Waals surface area contributed by atoms with Gasteiger partial charge in [-0.3, -0.25) is 4.90 Å². The summed E-state index contributed by atoms with van der Waals surface area (Å²) in [6.07, 6.45) is 3.92. The van der Waals surface area contributed by atoms with Crippen LogP contribution in [0.25, 0.3) is 0 Å². The van der Waals surface area contributed by atoms with Gasteiger partial charge in [-0.15, -0.1) is 0 Å². The molecule has 0 atom stereocenters. The minimum absolute atomic E-state index is 0.445. The Hall–Kier alpha value is -0.950. The second kappa shape index (κ2) is 8.16. The predicted molar refractivity (Wildman–Crippen MR) is 99.4 cm³/mol. The standard InChI is InChI=1S/C19H30N2O3S/c1-3-16-5-6-19(15-17(16)4-2)25(22,23)21-11-9-20(10-12-21)18-7-13-24-14-8-18/h5-6,15,18H,3-4,7-14H2,1-2H3. The second-order valence-electron chi connectivity index (χ2n) is 6.92. The molecule has 1 aromatic rings. The van der Waals surface area contributed by atoms with E-state index >= 15 is 0 Å². The van der Waals surface area contributed by atoms with E-state index in [9.17, 15) is 8.42 Å². The summed E-state index contributed by atoms with van der Waals surface area (Å²) >= 11 is 0. The molecule has 5 nitrogen and oxygen atoms in total. The zero-order chi connectivity index (χ0) is 17.9. The molecule has 140 valence electrons. The highest BCUT2D eigenvalue weighted by molar-refractivity contribution is 7.89. The van der Waals surface area contributed by atoms with Gasteiger partial charge in [-0.2, -0.15) is 4.31 Å². The molecule has 0 N–H and O–H groups in total. The molecule has 0 bridgehead atoms. The van der Waals surface area contributed by atoms with Crippen LogP contribution in [0.5, 0.6) is 0 Å². The average molecular weight is 367 g/mol. The van der Waals surface area contributed by atoms with Crippen LogP contribution in [0.1, 0.15) is 37.8 Å². The first-order valence-electron chi connectivity index (χ1n) is 9.50. The Kier molecular flexibility index (Phi) is 6.15. The highest BCUT2D eigenvalue weighted by Gasteiger charge is 2.31. The van der Waals surface area contributed by atoms with Crippen molar-refractivity contribution in [3.05, 3.63) is 29.3 Å². The number of rotatable bonds is 5. The molecule has 0 saturated carbocycles. The van der Waals surface area contributed by atoms with E-state index in [0.717, 1.165) is 57.6 Å². The van der Waals surface area contributed by atoms with Gasteiger partial charge in [-0.1, -0.05) is 19.9 Å². The van der Waals surface area contributed by atoms with Crippen LogP contribution in [-0.4, -0.2) is 63.1 Å². The van der Waals surface area contributed by atoms with Gasteiger partial charge in [-0.05, 0) is 48.9 Å². The van der Waals surface area contributed by atoms with Crippen molar-refractivity contribution >= 4 is 10.0 Å². The van der Waals surface area contributed by atoms with Crippen LogP contribution in [0, 0.1) is 0 Å². The van der Waals surface area contributed by atoms with E-state index in [0.29, 0.717) is 24.0 Å². The van der Waals surface area contributed by atoms with Gasteiger partial charge in [-0.25, -0.2) is 8.42 Å². The minimum Gasteiger partial charge on any atom is -0.381 e. The number of sulfonamides is 1. The fraction of sp³-hybridized carbons (Fsp3) is 0.684. The second-order valence-corrected chi connectivity index (χ2v) is 8.86. The summed E-state index contributed by atoms with van der Waals surface area (Å²) in [5.74, 6) is 0. The minimum atomic E-state index is -3.39. The molecule has 2 saturated heterocycles. The summed E-state index contributed by atoms with van der Waals surface area (Å²) in [6.45, 7) is 8.64. The summed E-state index contributed by atoms with van der Waals surface area (Å²) in [6, 6.07) is 6.18. The molecule has 3 rings (SSSR count). The molecule has 2 heterocycles. The molecule has 6 heteroatoms. The van der Waals surface area contributed by atoms with Crippen molar-refractivity contribution in [2.45, 2.75) is 50.5 Å². The Morgan fingerprint density at radius 1 is 1.00 bits per heavy atom. The average Bonchev–Trinajstić information content (AvgIpc) is 2.68. The van der Waals surface area contributed by atoms with Crippen LogP contribution in [0.2, 0.25) is 0 Å². The molecule has 0 aliphatic carbocycles. The maximum Gasteiger partial charge on any atom is 0.243 e. The molecular weight excluding hydrogens is 336 g/mol. The number of hydrogen-bond donors (Lipinski definition) is 0. The highest BCUT2D eigenvalue weighted by atomic mass is 32.2. The summed E-state index contributed by atoms with van der Waals surface area (Å²) in [5.41, 5.74) is 2.38. The Bertz CT molecular complexity index is 676. The van der Waals surface area contributed by atoms with Gasteiger partial charge in [0.25, 0.3) is 0 Å². The van der Waals surface area contributed by atoms with E-state index in [4.69, 9.17) is 4.74 Å². The third kappa shape index (κ3) is 4.08. The first-order valence-corrected chi connectivity index (χ1v) is 10.9. The number of nitrogens with zero attached hydrogens (tertiary/aromatic N) is 2. The lowest BCUT2D eigenvalue weighted by Crippen LogP contribution is -2.52. The predicted octanol–water partition coefficient (Wildman–Crippen LogP) is 2.30. The summed E-state index contributed by atoms with van der Waals surface area (Å²) in [7, 11) is -3.39. The van der Waals surface area contributed by atoms with Crippen LogP contribution >= 0.6 is 0 Å². The molecule has 0 radical (unpaired) electrons. The lowest BCUT2D eigenvalue weighted by molar-refractivity contribution is 0.0229. The van der Waals surface area contributed by atoms with Crippen molar-refractivity contribution in [1.82, 2.24) is 9.21 Å². The zero-order valence-electron chi connectivity index (χ0n) is 15.4. The lowest BCUT2D eigenvalue weighted by atomic mass is 10.0. The number of hydrogen-bond acceptors (Lipinski definition) is 4. The van der Waals surface area contributed by atoms with E-state index in [1.54, 1.807) is 10.4 Å². The van der Waals surface area contributed by atoms with Crippen molar-refractivity contribution in [3.8, 4) is 0 Å². The largest absolute Gasteiger partial charge is 0.381 e. The Balaban J connectivity index is 1.69. The van der Waals surface area contributed by atoms with Crippen LogP contribution in [-0.2, 0) is 27.6 Å². The molecule has 0 spiro atoms. The van der Waals surface area contributed by atoms with Crippen molar-refractivity contribution < 1.29 is 13.2 Å². The van der Waals surface area contributed by atoms with E-state index < -0.39 is 10.0 Å². The number of benzene rings is 1. The Morgan fingerprint density at radius 2 is 1.64 bits per heavy atom. The summed E-state index contributed by atoms with van der Waals surface area (Å²) < 4.78 is 33.1. The quantitative estimate of drug-likeness (QED) is 0.802. The van der Waals surface area contributed by atoms with Gasteiger partial charge >= 0.3 is 0 Å². The third-order valence-electron chi connectivity index (χ3n) is 5.56. The van der Waals surface area contributed by atoms with Gasteiger partial charge in [0, 0.05) is 45.4 Å². The zero-order valence-corrected chi connectivity index (χ0v) is 16.2. The molecule has 0 aromatic heterocycles. The van der Waals surface area contributed by atoms with E-state index in [1.165, 1.54) is 5.56 Å². The Labute approximate surface area is 152 Å². The number of ether oxygens (including phenoxy) is 1. The van der Waals surface area contributed by atoms with E-state index in [2.05, 4.69) is 18.7 Å². The lowest BCUT2D eigenvalue weighted by Gasteiger charge is -2.40. The molecule has 2 aliphatic rings. The first-order chi connectivity index (χ1) is 12.1. The van der Waals surface area contributed by atoms with Crippen LogP contribution in [0.3, 0.4) is 0 Å². The fourth-order valence-electron chi connectivity index (χ4n) is 3.95. The molecule has 0 unspecified atom stereocenters. The third-order valence-corrected chi connectivity index (χ3v) is 7.45. The molecular formula is C19H30N2O3S. The van der Waals surface area contributed by atoms with Crippen molar-refractivity contribution in [2.24, 2.45) is 0 Å². The molecule has 2 fully saturated rings. The van der Waals surface area contributed by atoms with Crippen molar-refractivity contribution in [2.75, 3.05) is 39.4 Å². The summed E-state index contributed by atoms with van der Waals surface area (Å²) in [4.78, 5) is 2.88. The van der Waals surface area contributed by atoms with Crippen LogP contribution in [0.4, 0.5) is 0 Å². The van der Waals surface area contributed by atoms with Gasteiger partial charge in [0.2, 0.25) is 10.0 Å². The monoisotopic (exact) mass is 366 g/mol. The SMILES string of the molecule is CCc1ccc(S(=O)(=O)N2CCN(C3CCOCC3)CC2)cc1CC. The van der Waals surface area contributed by atoms with E-state index in [1.807, 2.05) is 12.1 Å². The maximum absolute atomic E-state index is 13.0.